The molecule has 0 fully saturated rings. The summed E-state index contributed by atoms with van der Waals surface area (Å²) < 4.78 is 7.15. The zero-order valence-electron chi connectivity index (χ0n) is 33.1. The van der Waals surface area contributed by atoms with Gasteiger partial charge in [-0.25, -0.2) is 0 Å². The highest BCUT2D eigenvalue weighted by molar-refractivity contribution is 7.00. The summed E-state index contributed by atoms with van der Waals surface area (Å²) in [5.41, 5.74) is 16.2. The molecule has 284 valence electrons. The van der Waals surface area contributed by atoms with Gasteiger partial charge in [-0.15, -0.1) is 0 Å². The molecular formula is C56H36BN3O. The van der Waals surface area contributed by atoms with E-state index in [2.05, 4.69) is 233 Å². The maximum atomic E-state index is 7.15. The lowest BCUT2D eigenvalue weighted by Gasteiger charge is -2.41. The molecule has 0 radical (unpaired) electrons. The first-order chi connectivity index (χ1) is 30.3. The van der Waals surface area contributed by atoms with Crippen LogP contribution in [-0.2, 0) is 0 Å². The molecule has 61 heavy (non-hydrogen) atoms. The van der Waals surface area contributed by atoms with E-state index in [1.54, 1.807) is 0 Å². The topological polar surface area (TPSA) is 19.0 Å². The van der Waals surface area contributed by atoms with E-state index in [0.29, 0.717) is 0 Å². The molecule has 3 aliphatic rings. The Kier molecular flexibility index (Phi) is 7.37. The van der Waals surface area contributed by atoms with Crippen molar-refractivity contribution in [2.24, 2.45) is 0 Å². The highest BCUT2D eigenvalue weighted by atomic mass is 16.5. The van der Waals surface area contributed by atoms with Crippen molar-refractivity contribution in [3.63, 3.8) is 0 Å². The van der Waals surface area contributed by atoms with Gasteiger partial charge in [-0.2, -0.15) is 0 Å². The number of hydrogen-bond donors (Lipinski definition) is 0. The van der Waals surface area contributed by atoms with Gasteiger partial charge in [0, 0.05) is 50.5 Å². The van der Waals surface area contributed by atoms with Crippen LogP contribution in [0.4, 0.5) is 51.2 Å². The Bertz CT molecular complexity index is 3320. The van der Waals surface area contributed by atoms with Crippen molar-refractivity contribution in [1.29, 1.82) is 0 Å². The van der Waals surface area contributed by atoms with Crippen LogP contribution in [0, 0.1) is 0 Å². The summed E-state index contributed by atoms with van der Waals surface area (Å²) >= 11 is 0. The maximum absolute atomic E-state index is 7.15. The summed E-state index contributed by atoms with van der Waals surface area (Å²) in [7, 11) is 0. The van der Waals surface area contributed by atoms with Crippen molar-refractivity contribution in [3.05, 3.63) is 218 Å². The first kappa shape index (κ1) is 33.9. The van der Waals surface area contributed by atoms with Crippen molar-refractivity contribution in [2.45, 2.75) is 0 Å². The van der Waals surface area contributed by atoms with Gasteiger partial charge < -0.3 is 19.4 Å². The van der Waals surface area contributed by atoms with E-state index in [1.807, 2.05) is 0 Å². The van der Waals surface area contributed by atoms with Crippen molar-refractivity contribution in [3.8, 4) is 22.6 Å². The third kappa shape index (κ3) is 5.01. The molecule has 0 saturated heterocycles. The Morgan fingerprint density at radius 1 is 0.393 bits per heavy atom. The highest BCUT2D eigenvalue weighted by Crippen LogP contribution is 2.55. The van der Waals surface area contributed by atoms with Gasteiger partial charge in [-0.1, -0.05) is 127 Å². The van der Waals surface area contributed by atoms with Crippen molar-refractivity contribution < 1.29 is 4.74 Å². The molecule has 0 aliphatic carbocycles. The molecule has 0 amide bonds. The monoisotopic (exact) mass is 777 g/mol. The number of fused-ring (bicyclic) bond motifs is 8. The molecule has 4 nitrogen and oxygen atoms in total. The summed E-state index contributed by atoms with van der Waals surface area (Å²) in [6.45, 7) is -0.0659. The van der Waals surface area contributed by atoms with Crippen molar-refractivity contribution in [1.82, 2.24) is 0 Å². The van der Waals surface area contributed by atoms with Gasteiger partial charge in [-0.05, 0) is 124 Å². The Labute approximate surface area is 354 Å². The molecule has 0 unspecified atom stereocenters. The van der Waals surface area contributed by atoms with Crippen LogP contribution in [0.2, 0.25) is 0 Å². The van der Waals surface area contributed by atoms with Gasteiger partial charge in [0.05, 0.1) is 17.1 Å². The minimum absolute atomic E-state index is 0.0659. The van der Waals surface area contributed by atoms with E-state index >= 15 is 0 Å². The average Bonchev–Trinajstić information content (AvgIpc) is 3.33. The molecular weight excluding hydrogens is 741 g/mol. The maximum Gasteiger partial charge on any atom is 0.257 e. The minimum Gasteiger partial charge on any atom is -0.458 e. The van der Waals surface area contributed by atoms with Crippen LogP contribution in [0.5, 0.6) is 11.5 Å². The summed E-state index contributed by atoms with van der Waals surface area (Å²) in [6, 6.07) is 79.0. The Morgan fingerprint density at radius 3 is 1.70 bits per heavy atom. The predicted molar refractivity (Wildman–Crippen MR) is 256 cm³/mol. The SMILES string of the molecule is c1ccc(N2c3cccc4c3B(c3cc5c(cc3O4)-c3ccc(N(c4ccccc4)c4ccccc4)c4cccc(c34)N5c3ccccc3)c3c2ccc2ccccc32)cc1. The lowest BCUT2D eigenvalue weighted by molar-refractivity contribution is 0.488. The lowest BCUT2D eigenvalue weighted by Crippen LogP contribution is -2.59. The Balaban J connectivity index is 1.09. The van der Waals surface area contributed by atoms with Crippen LogP contribution in [-0.4, -0.2) is 6.71 Å². The van der Waals surface area contributed by atoms with Crippen LogP contribution in [0.15, 0.2) is 218 Å². The summed E-state index contributed by atoms with van der Waals surface area (Å²) in [5.74, 6) is 1.78. The van der Waals surface area contributed by atoms with Gasteiger partial charge in [0.25, 0.3) is 6.71 Å². The number of hydrogen-bond acceptors (Lipinski definition) is 4. The van der Waals surface area contributed by atoms with E-state index in [-0.39, 0.29) is 6.71 Å². The molecule has 3 heterocycles. The van der Waals surface area contributed by atoms with Crippen molar-refractivity contribution in [2.75, 3.05) is 14.7 Å². The summed E-state index contributed by atoms with van der Waals surface area (Å²) in [6.07, 6.45) is 0. The third-order valence-electron chi connectivity index (χ3n) is 12.8. The second-order valence-electron chi connectivity index (χ2n) is 16.0. The molecule has 0 N–H and O–H groups in total. The van der Waals surface area contributed by atoms with E-state index in [1.165, 1.54) is 43.7 Å². The molecule has 13 rings (SSSR count). The first-order valence-corrected chi connectivity index (χ1v) is 21.0. The van der Waals surface area contributed by atoms with E-state index in [0.717, 1.165) is 68.0 Å². The summed E-state index contributed by atoms with van der Waals surface area (Å²) in [4.78, 5) is 7.26. The molecule has 0 bridgehead atoms. The molecule has 0 spiro atoms. The van der Waals surface area contributed by atoms with Gasteiger partial charge in [0.15, 0.2) is 0 Å². The van der Waals surface area contributed by atoms with Crippen LogP contribution in [0.3, 0.4) is 0 Å². The molecule has 5 heteroatoms. The quantitative estimate of drug-likeness (QED) is 0.162. The number of para-hydroxylation sites is 4. The first-order valence-electron chi connectivity index (χ1n) is 21.0. The summed E-state index contributed by atoms with van der Waals surface area (Å²) in [5, 5.41) is 4.86. The largest absolute Gasteiger partial charge is 0.458 e. The zero-order chi connectivity index (χ0) is 40.0. The highest BCUT2D eigenvalue weighted by Gasteiger charge is 2.44. The number of rotatable bonds is 5. The van der Waals surface area contributed by atoms with E-state index < -0.39 is 0 Å². The predicted octanol–water partition coefficient (Wildman–Crippen LogP) is 13.3. The molecule has 0 aromatic heterocycles. The molecule has 10 aromatic rings. The molecule has 3 aliphatic heterocycles. The van der Waals surface area contributed by atoms with Gasteiger partial charge in [0.2, 0.25) is 0 Å². The fraction of sp³-hybridized carbons (Fsp3) is 0. The molecule has 0 atom stereocenters. The second kappa shape index (κ2) is 13.3. The normalized spacial score (nSPS) is 13.0. The zero-order valence-corrected chi connectivity index (χ0v) is 33.1. The fourth-order valence-electron chi connectivity index (χ4n) is 10.3. The molecule has 0 saturated carbocycles. The number of anilines is 9. The Morgan fingerprint density at radius 2 is 0.984 bits per heavy atom. The van der Waals surface area contributed by atoms with E-state index in [4.69, 9.17) is 4.74 Å². The smallest absolute Gasteiger partial charge is 0.257 e. The van der Waals surface area contributed by atoms with Crippen LogP contribution >= 0.6 is 0 Å². The van der Waals surface area contributed by atoms with Gasteiger partial charge >= 0.3 is 0 Å². The number of ether oxygens (including phenoxy) is 1. The van der Waals surface area contributed by atoms with Gasteiger partial charge in [-0.3, -0.25) is 0 Å². The third-order valence-corrected chi connectivity index (χ3v) is 12.8. The van der Waals surface area contributed by atoms with Crippen LogP contribution < -0.4 is 35.8 Å². The standard InChI is InChI=1S/C56H36BN3O/c1-5-18-38(19-6-1)58(39-20-7-2-8-21-39)47-34-32-43-45-35-53-46(36-51(45)59(40-22-9-3-10-23-40)48-28-15-27-44(47)54(43)48)57-55-42-26-14-13-17-37(42)31-33-50(55)60(41-24-11-4-12-25-41)49-29-16-30-52(61-53)56(49)57/h1-36H. The Hall–Kier alpha value is -8.02. The fourth-order valence-corrected chi connectivity index (χ4v) is 10.3. The lowest BCUT2D eigenvalue weighted by atomic mass is 9.33. The van der Waals surface area contributed by atoms with Crippen LogP contribution in [0.25, 0.3) is 32.7 Å². The van der Waals surface area contributed by atoms with Crippen LogP contribution in [0.1, 0.15) is 0 Å². The van der Waals surface area contributed by atoms with E-state index in [9.17, 15) is 0 Å². The van der Waals surface area contributed by atoms with Crippen molar-refractivity contribution >= 4 is 95.8 Å². The number of nitrogens with zero attached hydrogens (tertiary/aromatic N) is 3. The second-order valence-corrected chi connectivity index (χ2v) is 16.0. The minimum atomic E-state index is -0.0659. The number of benzene rings is 10. The molecule has 10 aromatic carbocycles. The van der Waals surface area contributed by atoms with Gasteiger partial charge in [0.1, 0.15) is 11.5 Å². The average molecular weight is 778 g/mol.